The number of hydrogen-bond acceptors (Lipinski definition) is 3. The maximum atomic E-state index is 5.62. The third-order valence-corrected chi connectivity index (χ3v) is 3.03. The molecule has 3 nitrogen and oxygen atoms in total. The second-order valence-electron chi connectivity index (χ2n) is 4.32. The van der Waals surface area contributed by atoms with Crippen molar-refractivity contribution < 1.29 is 0 Å². The number of unbranched alkanes of at least 4 members (excludes halogenated alkanes) is 3. The van der Waals surface area contributed by atoms with Crippen molar-refractivity contribution in [1.82, 2.24) is 10.4 Å². The van der Waals surface area contributed by atoms with E-state index in [1.807, 2.05) is 25.3 Å². The predicted molar refractivity (Wildman–Crippen MR) is 72.3 cm³/mol. The van der Waals surface area contributed by atoms with Crippen molar-refractivity contribution in [3.63, 3.8) is 0 Å². The lowest BCUT2D eigenvalue weighted by Crippen LogP contribution is -2.28. The van der Waals surface area contributed by atoms with Gasteiger partial charge < -0.3 is 0 Å². The molecule has 0 fully saturated rings. The zero-order chi connectivity index (χ0) is 12.5. The number of nitrogens with zero attached hydrogens (tertiary/aromatic N) is 1. The second-order valence-corrected chi connectivity index (χ2v) is 4.32. The fourth-order valence-electron chi connectivity index (χ4n) is 2.01. The van der Waals surface area contributed by atoms with Crippen molar-refractivity contribution in [3.8, 4) is 0 Å². The molecule has 0 aliphatic carbocycles. The van der Waals surface area contributed by atoms with Crippen LogP contribution in [0, 0.1) is 6.92 Å². The molecule has 3 heteroatoms. The Kier molecular flexibility index (Phi) is 6.51. The van der Waals surface area contributed by atoms with E-state index in [1.54, 1.807) is 0 Å². The molecule has 0 saturated heterocycles. The number of hydrazine groups is 1. The number of aryl methyl sites for hydroxylation is 1. The zero-order valence-electron chi connectivity index (χ0n) is 10.7. The third-order valence-electron chi connectivity index (χ3n) is 3.03. The smallest absolute Gasteiger partial charge is 0.0477 e. The van der Waals surface area contributed by atoms with E-state index in [4.69, 9.17) is 5.84 Å². The molecule has 1 rings (SSSR count). The molecule has 1 atom stereocenters. The number of aromatic nitrogens is 1. The lowest BCUT2D eigenvalue weighted by Gasteiger charge is -2.17. The Morgan fingerprint density at radius 3 is 2.94 bits per heavy atom. The minimum Gasteiger partial charge on any atom is -0.271 e. The SMILES string of the molecule is C=CCCCCCC(NN)c1cccnc1C. The van der Waals surface area contributed by atoms with Crippen molar-refractivity contribution in [3.05, 3.63) is 42.2 Å². The average molecular weight is 233 g/mol. The minimum atomic E-state index is 0.215. The molecule has 0 aliphatic rings. The second kappa shape index (κ2) is 7.98. The van der Waals surface area contributed by atoms with Crippen LogP contribution in [-0.2, 0) is 0 Å². The van der Waals surface area contributed by atoms with E-state index in [2.05, 4.69) is 23.1 Å². The molecule has 1 heterocycles. The Hall–Kier alpha value is -1.19. The van der Waals surface area contributed by atoms with E-state index in [0.29, 0.717) is 0 Å². The summed E-state index contributed by atoms with van der Waals surface area (Å²) in [4.78, 5) is 4.30. The number of hydrogen-bond donors (Lipinski definition) is 2. The summed E-state index contributed by atoms with van der Waals surface area (Å²) in [6.45, 7) is 5.75. The highest BCUT2D eigenvalue weighted by molar-refractivity contribution is 5.22. The van der Waals surface area contributed by atoms with Crippen molar-refractivity contribution in [2.75, 3.05) is 0 Å². The third kappa shape index (κ3) is 4.67. The highest BCUT2D eigenvalue weighted by atomic mass is 15.2. The van der Waals surface area contributed by atoms with Crippen LogP contribution in [0.3, 0.4) is 0 Å². The lowest BCUT2D eigenvalue weighted by molar-refractivity contribution is 0.481. The van der Waals surface area contributed by atoms with Gasteiger partial charge in [0.25, 0.3) is 0 Å². The van der Waals surface area contributed by atoms with Gasteiger partial charge in [0.1, 0.15) is 0 Å². The molecule has 0 bridgehead atoms. The molecule has 0 aromatic carbocycles. The molecular formula is C14H23N3. The van der Waals surface area contributed by atoms with Crippen LogP contribution >= 0.6 is 0 Å². The van der Waals surface area contributed by atoms with Gasteiger partial charge in [0, 0.05) is 17.9 Å². The van der Waals surface area contributed by atoms with Crippen LogP contribution in [0.25, 0.3) is 0 Å². The monoisotopic (exact) mass is 233 g/mol. The maximum Gasteiger partial charge on any atom is 0.0477 e. The molecule has 3 N–H and O–H groups in total. The first-order valence-corrected chi connectivity index (χ1v) is 6.28. The Bertz CT molecular complexity index is 336. The molecule has 0 radical (unpaired) electrons. The van der Waals surface area contributed by atoms with Gasteiger partial charge >= 0.3 is 0 Å². The van der Waals surface area contributed by atoms with Crippen LogP contribution in [0.4, 0.5) is 0 Å². The molecule has 1 unspecified atom stereocenters. The van der Waals surface area contributed by atoms with Gasteiger partial charge in [0.2, 0.25) is 0 Å². The highest BCUT2D eigenvalue weighted by Gasteiger charge is 2.11. The van der Waals surface area contributed by atoms with Crippen molar-refractivity contribution in [2.24, 2.45) is 5.84 Å². The van der Waals surface area contributed by atoms with Gasteiger partial charge in [-0.3, -0.25) is 16.3 Å². The van der Waals surface area contributed by atoms with Crippen LogP contribution in [0.15, 0.2) is 31.0 Å². The molecule has 17 heavy (non-hydrogen) atoms. The first-order chi connectivity index (χ1) is 8.29. The first-order valence-electron chi connectivity index (χ1n) is 6.28. The van der Waals surface area contributed by atoms with E-state index in [-0.39, 0.29) is 6.04 Å². The van der Waals surface area contributed by atoms with Gasteiger partial charge in [0.05, 0.1) is 0 Å². The van der Waals surface area contributed by atoms with Gasteiger partial charge in [-0.15, -0.1) is 6.58 Å². The summed E-state index contributed by atoms with van der Waals surface area (Å²) in [7, 11) is 0. The normalized spacial score (nSPS) is 12.4. The zero-order valence-corrected chi connectivity index (χ0v) is 10.7. The average Bonchev–Trinajstić information content (AvgIpc) is 2.35. The molecule has 0 spiro atoms. The van der Waals surface area contributed by atoms with Crippen molar-refractivity contribution in [1.29, 1.82) is 0 Å². The maximum absolute atomic E-state index is 5.62. The first kappa shape index (κ1) is 13.9. The fraction of sp³-hybridized carbons (Fsp3) is 0.500. The van der Waals surface area contributed by atoms with Crippen molar-refractivity contribution >= 4 is 0 Å². The summed E-state index contributed by atoms with van der Waals surface area (Å²) < 4.78 is 0. The topological polar surface area (TPSA) is 50.9 Å². The minimum absolute atomic E-state index is 0.215. The molecule has 1 aromatic rings. The summed E-state index contributed by atoms with van der Waals surface area (Å²) in [6.07, 6.45) is 9.57. The number of pyridine rings is 1. The Balaban J connectivity index is 2.43. The van der Waals surface area contributed by atoms with E-state index >= 15 is 0 Å². The molecule has 94 valence electrons. The van der Waals surface area contributed by atoms with Gasteiger partial charge in [-0.25, -0.2) is 0 Å². The van der Waals surface area contributed by atoms with Crippen LogP contribution < -0.4 is 11.3 Å². The number of nitrogens with two attached hydrogens (primary N) is 1. The van der Waals surface area contributed by atoms with Crippen molar-refractivity contribution in [2.45, 2.75) is 45.1 Å². The van der Waals surface area contributed by atoms with E-state index < -0.39 is 0 Å². The Morgan fingerprint density at radius 1 is 1.47 bits per heavy atom. The summed E-state index contributed by atoms with van der Waals surface area (Å²) in [6, 6.07) is 4.27. The molecule has 0 amide bonds. The Morgan fingerprint density at radius 2 is 2.29 bits per heavy atom. The summed E-state index contributed by atoms with van der Waals surface area (Å²) in [5, 5.41) is 0. The van der Waals surface area contributed by atoms with Crippen LogP contribution in [-0.4, -0.2) is 4.98 Å². The summed E-state index contributed by atoms with van der Waals surface area (Å²) in [5.74, 6) is 5.62. The standard InChI is InChI=1S/C14H23N3/c1-3-4-5-6-7-10-14(17-15)13-9-8-11-16-12(13)2/h3,8-9,11,14,17H,1,4-7,10,15H2,2H3. The summed E-state index contributed by atoms with van der Waals surface area (Å²) in [5.41, 5.74) is 5.15. The highest BCUT2D eigenvalue weighted by Crippen LogP contribution is 2.21. The molecule has 0 saturated carbocycles. The van der Waals surface area contributed by atoms with Gasteiger partial charge in [-0.1, -0.05) is 25.0 Å². The number of nitrogens with one attached hydrogen (secondary N) is 1. The van der Waals surface area contributed by atoms with Gasteiger partial charge in [-0.2, -0.15) is 0 Å². The van der Waals surface area contributed by atoms with E-state index in [9.17, 15) is 0 Å². The van der Waals surface area contributed by atoms with Crippen LogP contribution in [0.5, 0.6) is 0 Å². The number of allylic oxidation sites excluding steroid dienone is 1. The molecule has 1 aromatic heterocycles. The Labute approximate surface area is 104 Å². The van der Waals surface area contributed by atoms with Crippen LogP contribution in [0.2, 0.25) is 0 Å². The largest absolute Gasteiger partial charge is 0.271 e. The van der Waals surface area contributed by atoms with Gasteiger partial charge in [-0.05, 0) is 37.8 Å². The molecule has 0 aliphatic heterocycles. The van der Waals surface area contributed by atoms with Gasteiger partial charge in [0.15, 0.2) is 0 Å². The fourth-order valence-corrected chi connectivity index (χ4v) is 2.01. The lowest BCUT2D eigenvalue weighted by atomic mass is 9.99. The quantitative estimate of drug-likeness (QED) is 0.314. The van der Waals surface area contributed by atoms with E-state index in [0.717, 1.165) is 18.5 Å². The predicted octanol–water partition coefficient (Wildman–Crippen LogP) is 3.03. The molecular weight excluding hydrogens is 210 g/mol. The van der Waals surface area contributed by atoms with Crippen LogP contribution in [0.1, 0.15) is 49.4 Å². The summed E-state index contributed by atoms with van der Waals surface area (Å²) >= 11 is 0. The van der Waals surface area contributed by atoms with E-state index in [1.165, 1.54) is 24.8 Å². The number of rotatable bonds is 8.